The Bertz CT molecular complexity index is 436. The molecular formula is C14H18N2OS. The molecule has 0 aliphatic rings. The molecule has 0 aliphatic carbocycles. The van der Waals surface area contributed by atoms with Gasteiger partial charge in [-0.2, -0.15) is 0 Å². The van der Waals surface area contributed by atoms with Crippen LogP contribution in [0, 0.1) is 12.3 Å². The van der Waals surface area contributed by atoms with Gasteiger partial charge in [-0.05, 0) is 30.9 Å². The van der Waals surface area contributed by atoms with Gasteiger partial charge >= 0.3 is 0 Å². The van der Waals surface area contributed by atoms with E-state index in [1.54, 1.807) is 11.8 Å². The van der Waals surface area contributed by atoms with Crippen molar-refractivity contribution in [2.24, 2.45) is 5.73 Å². The third kappa shape index (κ3) is 4.10. The van der Waals surface area contributed by atoms with Gasteiger partial charge in [-0.1, -0.05) is 12.1 Å². The Morgan fingerprint density at radius 2 is 2.11 bits per heavy atom. The second kappa shape index (κ2) is 7.10. The molecule has 0 saturated carbocycles. The fraction of sp³-hybridized carbons (Fsp3) is 0.357. The molecule has 0 fully saturated rings. The van der Waals surface area contributed by atoms with E-state index in [0.29, 0.717) is 0 Å². The summed E-state index contributed by atoms with van der Waals surface area (Å²) in [7, 11) is 0. The van der Waals surface area contributed by atoms with Gasteiger partial charge in [-0.15, -0.1) is 24.1 Å². The first-order chi connectivity index (χ1) is 8.58. The zero-order valence-electron chi connectivity index (χ0n) is 10.6. The van der Waals surface area contributed by atoms with Gasteiger partial charge in [0.15, 0.2) is 0 Å². The molecule has 2 unspecified atom stereocenters. The second-order valence-corrected chi connectivity index (χ2v) is 4.90. The Balaban J connectivity index is 2.61. The van der Waals surface area contributed by atoms with Crippen LogP contribution < -0.4 is 11.1 Å². The quantitative estimate of drug-likeness (QED) is 0.630. The average Bonchev–Trinajstić information content (AvgIpc) is 2.39. The number of hydrogen-bond acceptors (Lipinski definition) is 3. The Kier molecular flexibility index (Phi) is 5.76. The van der Waals surface area contributed by atoms with Crippen LogP contribution >= 0.6 is 11.8 Å². The first kappa shape index (κ1) is 14.6. The maximum absolute atomic E-state index is 11.7. The molecule has 96 valence electrons. The molecule has 3 nitrogen and oxygen atoms in total. The van der Waals surface area contributed by atoms with E-state index in [2.05, 4.69) is 11.2 Å². The van der Waals surface area contributed by atoms with Crippen molar-refractivity contribution in [1.82, 2.24) is 5.32 Å². The summed E-state index contributed by atoms with van der Waals surface area (Å²) in [5, 5.41) is 2.85. The van der Waals surface area contributed by atoms with Crippen molar-refractivity contribution < 1.29 is 4.79 Å². The monoisotopic (exact) mass is 262 g/mol. The predicted molar refractivity (Wildman–Crippen MR) is 76.2 cm³/mol. The van der Waals surface area contributed by atoms with Crippen LogP contribution in [0.15, 0.2) is 29.2 Å². The van der Waals surface area contributed by atoms with Crippen LogP contribution in [0.2, 0.25) is 0 Å². The van der Waals surface area contributed by atoms with Gasteiger partial charge in [0.25, 0.3) is 0 Å². The van der Waals surface area contributed by atoms with E-state index in [4.69, 9.17) is 12.2 Å². The third-order valence-electron chi connectivity index (χ3n) is 2.65. The van der Waals surface area contributed by atoms with Crippen molar-refractivity contribution in [3.8, 4) is 12.3 Å². The minimum Gasteiger partial charge on any atom is -0.348 e. The molecule has 0 heterocycles. The van der Waals surface area contributed by atoms with E-state index >= 15 is 0 Å². The molecule has 0 aliphatic heterocycles. The maximum Gasteiger partial charge on any atom is 0.238 e. The average molecular weight is 262 g/mol. The van der Waals surface area contributed by atoms with Crippen LogP contribution in [0.25, 0.3) is 0 Å². The van der Waals surface area contributed by atoms with Gasteiger partial charge in [0.2, 0.25) is 5.91 Å². The van der Waals surface area contributed by atoms with Gasteiger partial charge in [-0.25, -0.2) is 0 Å². The molecule has 18 heavy (non-hydrogen) atoms. The smallest absolute Gasteiger partial charge is 0.238 e. The Morgan fingerprint density at radius 1 is 1.50 bits per heavy atom. The summed E-state index contributed by atoms with van der Waals surface area (Å²) in [6, 6.07) is 7.36. The number of benzene rings is 1. The van der Waals surface area contributed by atoms with Gasteiger partial charge < -0.3 is 11.1 Å². The maximum atomic E-state index is 11.7. The van der Waals surface area contributed by atoms with Crippen LogP contribution in [0.4, 0.5) is 0 Å². The molecule has 1 rings (SSSR count). The highest BCUT2D eigenvalue weighted by Gasteiger charge is 2.15. The highest BCUT2D eigenvalue weighted by Crippen LogP contribution is 2.18. The molecular weight excluding hydrogens is 244 g/mol. The molecule has 0 radical (unpaired) electrons. The summed E-state index contributed by atoms with van der Waals surface area (Å²) in [6.45, 7) is 1.93. The topological polar surface area (TPSA) is 55.1 Å². The number of terminal acetylenes is 1. The molecule has 0 aromatic heterocycles. The normalized spacial score (nSPS) is 13.4. The first-order valence-corrected chi connectivity index (χ1v) is 6.94. The number of nitrogens with one attached hydrogen (secondary N) is 1. The minimum absolute atomic E-state index is 0.0720. The van der Waals surface area contributed by atoms with E-state index in [-0.39, 0.29) is 18.4 Å². The number of rotatable bonds is 5. The summed E-state index contributed by atoms with van der Waals surface area (Å²) in [5.74, 6) is 2.17. The fourth-order valence-corrected chi connectivity index (χ4v) is 1.92. The van der Waals surface area contributed by atoms with E-state index in [1.165, 1.54) is 4.90 Å². The van der Waals surface area contributed by atoms with E-state index in [1.807, 2.05) is 37.4 Å². The molecule has 0 spiro atoms. The number of amides is 1. The van der Waals surface area contributed by atoms with Crippen molar-refractivity contribution >= 4 is 17.7 Å². The summed E-state index contributed by atoms with van der Waals surface area (Å²) < 4.78 is 0. The third-order valence-corrected chi connectivity index (χ3v) is 3.39. The largest absolute Gasteiger partial charge is 0.348 e. The predicted octanol–water partition coefficient (Wildman–Crippen LogP) is 1.94. The SMILES string of the molecule is C#CCC(N)C(=O)NC(C)c1ccc(SC)cc1. The lowest BCUT2D eigenvalue weighted by molar-refractivity contribution is -0.122. The van der Waals surface area contributed by atoms with Crippen molar-refractivity contribution in [2.75, 3.05) is 6.26 Å². The van der Waals surface area contributed by atoms with Crippen LogP contribution in [0.1, 0.15) is 24.9 Å². The van der Waals surface area contributed by atoms with Gasteiger partial charge in [0.05, 0.1) is 12.1 Å². The second-order valence-electron chi connectivity index (χ2n) is 4.02. The molecule has 1 aromatic carbocycles. The van der Waals surface area contributed by atoms with Crippen molar-refractivity contribution in [3.05, 3.63) is 29.8 Å². The van der Waals surface area contributed by atoms with Crippen LogP contribution in [-0.2, 0) is 4.79 Å². The highest BCUT2D eigenvalue weighted by molar-refractivity contribution is 7.98. The number of thioether (sulfide) groups is 1. The lowest BCUT2D eigenvalue weighted by Crippen LogP contribution is -2.41. The fourth-order valence-electron chi connectivity index (χ4n) is 1.52. The lowest BCUT2D eigenvalue weighted by atomic mass is 10.1. The van der Waals surface area contributed by atoms with Crippen molar-refractivity contribution in [1.29, 1.82) is 0 Å². The number of hydrogen-bond donors (Lipinski definition) is 2. The van der Waals surface area contributed by atoms with Gasteiger partial charge in [0, 0.05) is 11.3 Å². The van der Waals surface area contributed by atoms with Crippen molar-refractivity contribution in [3.63, 3.8) is 0 Å². The van der Waals surface area contributed by atoms with Crippen LogP contribution in [0.5, 0.6) is 0 Å². The first-order valence-electron chi connectivity index (χ1n) is 5.72. The summed E-state index contributed by atoms with van der Waals surface area (Å²) in [5.41, 5.74) is 6.69. The Hall–Kier alpha value is -1.44. The molecule has 0 bridgehead atoms. The lowest BCUT2D eigenvalue weighted by Gasteiger charge is -2.17. The van der Waals surface area contributed by atoms with Gasteiger partial charge in [-0.3, -0.25) is 4.79 Å². The molecule has 3 N–H and O–H groups in total. The molecule has 4 heteroatoms. The molecule has 1 amide bonds. The van der Waals surface area contributed by atoms with Crippen LogP contribution in [-0.4, -0.2) is 18.2 Å². The zero-order valence-corrected chi connectivity index (χ0v) is 11.5. The van der Waals surface area contributed by atoms with Gasteiger partial charge in [0.1, 0.15) is 0 Å². The number of nitrogens with two attached hydrogens (primary N) is 1. The standard InChI is InChI=1S/C14H18N2OS/c1-4-5-13(15)14(17)16-10(2)11-6-8-12(18-3)9-7-11/h1,6-10,13H,5,15H2,2-3H3,(H,16,17). The summed E-state index contributed by atoms with van der Waals surface area (Å²) >= 11 is 1.69. The highest BCUT2D eigenvalue weighted by atomic mass is 32.2. The minimum atomic E-state index is -0.636. The Labute approximate surface area is 113 Å². The van der Waals surface area contributed by atoms with Crippen molar-refractivity contribution in [2.45, 2.75) is 30.3 Å². The molecule has 1 aromatic rings. The molecule has 2 atom stereocenters. The Morgan fingerprint density at radius 3 is 2.61 bits per heavy atom. The number of carbonyl (C=O) groups excluding carboxylic acids is 1. The number of carbonyl (C=O) groups is 1. The zero-order chi connectivity index (χ0) is 13.5. The van der Waals surface area contributed by atoms with E-state index in [0.717, 1.165) is 5.56 Å². The van der Waals surface area contributed by atoms with Crippen LogP contribution in [0.3, 0.4) is 0 Å². The van der Waals surface area contributed by atoms with E-state index < -0.39 is 6.04 Å². The molecule has 0 saturated heterocycles. The van der Waals surface area contributed by atoms with E-state index in [9.17, 15) is 4.79 Å². The summed E-state index contributed by atoms with van der Waals surface area (Å²) in [4.78, 5) is 12.9. The summed E-state index contributed by atoms with van der Waals surface area (Å²) in [6.07, 6.45) is 7.41.